The van der Waals surface area contributed by atoms with E-state index in [1.807, 2.05) is 24.0 Å². The number of hydrogen-bond acceptors (Lipinski definition) is 4. The van der Waals surface area contributed by atoms with Crippen LogP contribution in [0.5, 0.6) is 5.75 Å². The lowest BCUT2D eigenvalue weighted by Gasteiger charge is -2.37. The van der Waals surface area contributed by atoms with Crippen molar-refractivity contribution in [1.29, 1.82) is 0 Å². The van der Waals surface area contributed by atoms with Gasteiger partial charge in [0, 0.05) is 31.9 Å². The summed E-state index contributed by atoms with van der Waals surface area (Å²) in [5.74, 6) is 0.338. The SMILES string of the molecule is CCC[C@H](N)C(=O)N1CCN(c2ccc(O)cc2)CC1. The summed E-state index contributed by atoms with van der Waals surface area (Å²) in [4.78, 5) is 16.2. The minimum atomic E-state index is -0.361. The number of anilines is 1. The summed E-state index contributed by atoms with van der Waals surface area (Å²) in [5, 5.41) is 9.30. The van der Waals surface area contributed by atoms with Crippen molar-refractivity contribution >= 4 is 11.6 Å². The van der Waals surface area contributed by atoms with E-state index in [0.29, 0.717) is 13.1 Å². The zero-order chi connectivity index (χ0) is 14.5. The fourth-order valence-corrected chi connectivity index (χ4v) is 2.52. The molecule has 0 aliphatic carbocycles. The summed E-state index contributed by atoms with van der Waals surface area (Å²) in [6.07, 6.45) is 1.68. The Morgan fingerprint density at radius 1 is 1.25 bits per heavy atom. The Labute approximate surface area is 120 Å². The van der Waals surface area contributed by atoms with Gasteiger partial charge in [0.15, 0.2) is 0 Å². The maximum atomic E-state index is 12.1. The molecule has 5 nitrogen and oxygen atoms in total. The van der Waals surface area contributed by atoms with E-state index < -0.39 is 0 Å². The average Bonchev–Trinajstić information content (AvgIpc) is 2.48. The number of nitrogens with zero attached hydrogens (tertiary/aromatic N) is 2. The molecule has 2 rings (SSSR count). The van der Waals surface area contributed by atoms with E-state index in [2.05, 4.69) is 4.90 Å². The normalized spacial score (nSPS) is 17.1. The number of carbonyl (C=O) groups excluding carboxylic acids is 1. The van der Waals surface area contributed by atoms with Crippen LogP contribution in [0.15, 0.2) is 24.3 Å². The lowest BCUT2D eigenvalue weighted by atomic mass is 10.1. The molecular formula is C15H23N3O2. The van der Waals surface area contributed by atoms with Gasteiger partial charge in [-0.1, -0.05) is 13.3 Å². The molecule has 1 aliphatic heterocycles. The molecule has 3 N–H and O–H groups in total. The van der Waals surface area contributed by atoms with E-state index in [1.165, 1.54) is 0 Å². The second-order valence-electron chi connectivity index (χ2n) is 5.22. The zero-order valence-corrected chi connectivity index (χ0v) is 12.0. The van der Waals surface area contributed by atoms with Gasteiger partial charge < -0.3 is 20.6 Å². The lowest BCUT2D eigenvalue weighted by Crippen LogP contribution is -2.53. The number of benzene rings is 1. The summed E-state index contributed by atoms with van der Waals surface area (Å²) >= 11 is 0. The lowest BCUT2D eigenvalue weighted by molar-refractivity contribution is -0.133. The molecule has 0 radical (unpaired) electrons. The highest BCUT2D eigenvalue weighted by atomic mass is 16.3. The van der Waals surface area contributed by atoms with Crippen molar-refractivity contribution in [3.8, 4) is 5.75 Å². The van der Waals surface area contributed by atoms with Crippen LogP contribution in [0, 0.1) is 0 Å². The van der Waals surface area contributed by atoms with Gasteiger partial charge in [-0.05, 0) is 30.7 Å². The number of nitrogens with two attached hydrogens (primary N) is 1. The van der Waals surface area contributed by atoms with Gasteiger partial charge in [0.2, 0.25) is 5.91 Å². The minimum absolute atomic E-state index is 0.0669. The van der Waals surface area contributed by atoms with Crippen LogP contribution in [0.4, 0.5) is 5.69 Å². The van der Waals surface area contributed by atoms with Crippen molar-refractivity contribution in [2.24, 2.45) is 5.73 Å². The summed E-state index contributed by atoms with van der Waals surface area (Å²) in [5.41, 5.74) is 6.97. The quantitative estimate of drug-likeness (QED) is 0.866. The number of hydrogen-bond donors (Lipinski definition) is 2. The van der Waals surface area contributed by atoms with E-state index in [0.717, 1.165) is 31.6 Å². The first kappa shape index (κ1) is 14.7. The third-order valence-electron chi connectivity index (χ3n) is 3.72. The molecule has 1 atom stereocenters. The van der Waals surface area contributed by atoms with Crippen LogP contribution >= 0.6 is 0 Å². The number of aromatic hydroxyl groups is 1. The predicted octanol–water partition coefficient (Wildman–Crippen LogP) is 1.17. The zero-order valence-electron chi connectivity index (χ0n) is 12.0. The largest absolute Gasteiger partial charge is 0.508 e. The molecule has 1 amide bonds. The molecule has 0 spiro atoms. The van der Waals surface area contributed by atoms with E-state index in [9.17, 15) is 9.90 Å². The van der Waals surface area contributed by atoms with Crippen LogP contribution in [0.1, 0.15) is 19.8 Å². The van der Waals surface area contributed by atoms with E-state index in [4.69, 9.17) is 5.73 Å². The number of piperazine rings is 1. The Hall–Kier alpha value is -1.75. The molecule has 1 aromatic rings. The number of rotatable bonds is 4. The molecule has 20 heavy (non-hydrogen) atoms. The molecule has 0 saturated carbocycles. The fourth-order valence-electron chi connectivity index (χ4n) is 2.52. The maximum Gasteiger partial charge on any atom is 0.239 e. The van der Waals surface area contributed by atoms with Crippen LogP contribution in [0.2, 0.25) is 0 Å². The topological polar surface area (TPSA) is 69.8 Å². The van der Waals surface area contributed by atoms with E-state index in [-0.39, 0.29) is 17.7 Å². The van der Waals surface area contributed by atoms with Crippen LogP contribution in [0.3, 0.4) is 0 Å². The number of amides is 1. The smallest absolute Gasteiger partial charge is 0.239 e. The van der Waals surface area contributed by atoms with Gasteiger partial charge in [-0.2, -0.15) is 0 Å². The monoisotopic (exact) mass is 277 g/mol. The van der Waals surface area contributed by atoms with Gasteiger partial charge in [0.1, 0.15) is 5.75 Å². The van der Waals surface area contributed by atoms with Crippen LogP contribution in [-0.4, -0.2) is 48.1 Å². The summed E-state index contributed by atoms with van der Waals surface area (Å²) < 4.78 is 0. The average molecular weight is 277 g/mol. The van der Waals surface area contributed by atoms with Crippen LogP contribution in [0.25, 0.3) is 0 Å². The first-order valence-electron chi connectivity index (χ1n) is 7.20. The molecule has 0 unspecified atom stereocenters. The van der Waals surface area contributed by atoms with Gasteiger partial charge in [0.25, 0.3) is 0 Å². The van der Waals surface area contributed by atoms with Gasteiger partial charge in [-0.25, -0.2) is 0 Å². The van der Waals surface area contributed by atoms with Gasteiger partial charge in [0.05, 0.1) is 6.04 Å². The first-order valence-corrected chi connectivity index (χ1v) is 7.20. The van der Waals surface area contributed by atoms with E-state index >= 15 is 0 Å². The molecule has 1 fully saturated rings. The highest BCUT2D eigenvalue weighted by Gasteiger charge is 2.24. The third kappa shape index (κ3) is 3.42. The molecule has 1 heterocycles. The highest BCUT2D eigenvalue weighted by Crippen LogP contribution is 2.20. The Bertz CT molecular complexity index is 439. The van der Waals surface area contributed by atoms with Crippen molar-refractivity contribution in [3.63, 3.8) is 0 Å². The first-order chi connectivity index (χ1) is 9.61. The summed E-state index contributed by atoms with van der Waals surface area (Å²) in [6.45, 7) is 5.05. The molecule has 110 valence electrons. The second kappa shape index (κ2) is 6.61. The van der Waals surface area contributed by atoms with Crippen molar-refractivity contribution in [2.45, 2.75) is 25.8 Å². The predicted molar refractivity (Wildman–Crippen MR) is 79.8 cm³/mol. The number of phenolic OH excluding ortho intramolecular Hbond substituents is 1. The molecule has 0 aromatic heterocycles. The molecular weight excluding hydrogens is 254 g/mol. The van der Waals surface area contributed by atoms with Crippen molar-refractivity contribution < 1.29 is 9.90 Å². The molecule has 1 aromatic carbocycles. The van der Waals surface area contributed by atoms with Crippen molar-refractivity contribution in [3.05, 3.63) is 24.3 Å². The Morgan fingerprint density at radius 2 is 1.85 bits per heavy atom. The molecule has 5 heteroatoms. The Morgan fingerprint density at radius 3 is 2.40 bits per heavy atom. The van der Waals surface area contributed by atoms with Gasteiger partial charge >= 0.3 is 0 Å². The molecule has 0 bridgehead atoms. The van der Waals surface area contributed by atoms with Crippen LogP contribution < -0.4 is 10.6 Å². The minimum Gasteiger partial charge on any atom is -0.508 e. The summed E-state index contributed by atoms with van der Waals surface area (Å²) in [6, 6.07) is 6.81. The van der Waals surface area contributed by atoms with E-state index in [1.54, 1.807) is 12.1 Å². The third-order valence-corrected chi connectivity index (χ3v) is 3.72. The number of carbonyl (C=O) groups is 1. The maximum absolute atomic E-state index is 12.1. The van der Waals surface area contributed by atoms with Gasteiger partial charge in [-0.15, -0.1) is 0 Å². The summed E-state index contributed by atoms with van der Waals surface area (Å²) in [7, 11) is 0. The Balaban J connectivity index is 1.89. The molecule has 1 aliphatic rings. The van der Waals surface area contributed by atoms with Crippen molar-refractivity contribution in [1.82, 2.24) is 4.90 Å². The number of phenols is 1. The second-order valence-corrected chi connectivity index (χ2v) is 5.22. The standard InChI is InChI=1S/C15H23N3O2/c1-2-3-14(16)15(20)18-10-8-17(9-11-18)12-4-6-13(19)7-5-12/h4-7,14,19H,2-3,8-11,16H2,1H3/t14-/m0/s1. The highest BCUT2D eigenvalue weighted by molar-refractivity contribution is 5.81. The fraction of sp³-hybridized carbons (Fsp3) is 0.533. The molecule has 1 saturated heterocycles. The Kier molecular flexibility index (Phi) is 4.84. The van der Waals surface area contributed by atoms with Crippen LogP contribution in [-0.2, 0) is 4.79 Å². The van der Waals surface area contributed by atoms with Crippen molar-refractivity contribution in [2.75, 3.05) is 31.1 Å². The van der Waals surface area contributed by atoms with Gasteiger partial charge in [-0.3, -0.25) is 4.79 Å².